The van der Waals surface area contributed by atoms with Gasteiger partial charge in [0.25, 0.3) is 15.9 Å². The van der Waals surface area contributed by atoms with Crippen LogP contribution in [-0.2, 0) is 10.0 Å². The Balaban J connectivity index is 1.51. The summed E-state index contributed by atoms with van der Waals surface area (Å²) in [5.74, 6) is -0.487. The summed E-state index contributed by atoms with van der Waals surface area (Å²) < 4.78 is 29.8. The van der Waals surface area contributed by atoms with Crippen molar-refractivity contribution < 1.29 is 18.3 Å². The number of phenolic OH excluding ortho intramolecular Hbond substituents is 1. The number of carbonyl (C=O) groups is 1. The number of fused-ring (bicyclic) bond motifs is 1. The highest BCUT2D eigenvalue weighted by molar-refractivity contribution is 7.92. The smallest absolute Gasteiger partial charge is 0.261 e. The largest absolute Gasteiger partial charge is 0.506 e. The molecule has 0 heterocycles. The van der Waals surface area contributed by atoms with Gasteiger partial charge in [-0.2, -0.15) is 0 Å². The Morgan fingerprint density at radius 1 is 0.500 bits per heavy atom. The first kappa shape index (κ1) is 51.3. The van der Waals surface area contributed by atoms with Gasteiger partial charge >= 0.3 is 0 Å². The topological polar surface area (TPSA) is 86.7 Å². The maximum atomic E-state index is 14.6. The molecular weight excluding hydrogens is 761 g/mol. The first-order valence-corrected chi connectivity index (χ1v) is 26.5. The van der Waals surface area contributed by atoms with E-state index in [1.165, 1.54) is 179 Å². The Bertz CT molecular complexity index is 1610. The van der Waals surface area contributed by atoms with Crippen LogP contribution in [0.3, 0.4) is 0 Å². The Kier molecular flexibility index (Phi) is 27.9. The van der Waals surface area contributed by atoms with Crippen LogP contribution < -0.4 is 4.72 Å². The highest BCUT2D eigenvalue weighted by Crippen LogP contribution is 2.37. The highest BCUT2D eigenvalue weighted by Gasteiger charge is 2.27. The van der Waals surface area contributed by atoms with Gasteiger partial charge in [-0.25, -0.2) is 8.42 Å². The van der Waals surface area contributed by atoms with Crippen molar-refractivity contribution in [2.24, 2.45) is 0 Å². The highest BCUT2D eigenvalue weighted by atomic mass is 32.2. The summed E-state index contributed by atoms with van der Waals surface area (Å²) in [7, 11) is -4.00. The molecule has 0 saturated heterocycles. The lowest BCUT2D eigenvalue weighted by molar-refractivity contribution is 0.0747. The second-order valence-corrected chi connectivity index (χ2v) is 19.4. The monoisotopic (exact) mass is 847 g/mol. The van der Waals surface area contributed by atoms with Crippen LogP contribution in [0.15, 0.2) is 65.6 Å². The van der Waals surface area contributed by atoms with Gasteiger partial charge in [-0.15, -0.1) is 0 Å². The predicted octanol–water partition coefficient (Wildman–Crippen LogP) is 16.3. The molecule has 0 spiro atoms. The zero-order valence-corrected chi connectivity index (χ0v) is 39.2. The predicted molar refractivity (Wildman–Crippen MR) is 258 cm³/mol. The summed E-state index contributed by atoms with van der Waals surface area (Å²) in [4.78, 5) is 16.5. The Morgan fingerprint density at radius 2 is 0.850 bits per heavy atom. The van der Waals surface area contributed by atoms with Crippen LogP contribution >= 0.6 is 0 Å². The van der Waals surface area contributed by atoms with Gasteiger partial charge in [0.2, 0.25) is 0 Å². The van der Waals surface area contributed by atoms with Crippen molar-refractivity contribution in [2.75, 3.05) is 17.8 Å². The number of amides is 1. The number of aromatic hydroxyl groups is 1. The number of benzene rings is 3. The van der Waals surface area contributed by atoms with Gasteiger partial charge in [0.05, 0.1) is 10.6 Å². The Morgan fingerprint density at radius 3 is 1.25 bits per heavy atom. The SMILES string of the molecule is CCCCCCCCCCCCCCCCCCN(CCCCCCCCCCCCCCCCCC)C(=O)c1c(NS(=O)(=O)c2ccccc2)cc2ccccc2c1O. The van der Waals surface area contributed by atoms with Crippen LogP contribution in [0.1, 0.15) is 230 Å². The lowest BCUT2D eigenvalue weighted by Crippen LogP contribution is -2.34. The minimum atomic E-state index is -4.00. The maximum absolute atomic E-state index is 14.6. The molecule has 0 saturated carbocycles. The normalized spacial score (nSPS) is 11.7. The van der Waals surface area contributed by atoms with Crippen molar-refractivity contribution in [3.8, 4) is 5.75 Å². The van der Waals surface area contributed by atoms with E-state index < -0.39 is 10.0 Å². The summed E-state index contributed by atoms with van der Waals surface area (Å²) >= 11 is 0. The third-order valence-electron chi connectivity index (χ3n) is 12.4. The molecule has 338 valence electrons. The number of rotatable bonds is 38. The molecule has 3 aromatic rings. The zero-order valence-electron chi connectivity index (χ0n) is 38.3. The zero-order chi connectivity index (χ0) is 42.9. The number of nitrogens with zero attached hydrogens (tertiary/aromatic N) is 1. The molecule has 0 aromatic heterocycles. The quantitative estimate of drug-likeness (QED) is 0.0563. The molecule has 0 fully saturated rings. The summed E-state index contributed by atoms with van der Waals surface area (Å²) in [6.45, 7) is 5.74. The molecule has 0 radical (unpaired) electrons. The summed E-state index contributed by atoms with van der Waals surface area (Å²) in [6.07, 6.45) is 41.3. The van der Waals surface area contributed by atoms with Crippen molar-refractivity contribution >= 4 is 32.4 Å². The molecule has 0 aliphatic carbocycles. The van der Waals surface area contributed by atoms with Gasteiger partial charge in [0.15, 0.2) is 0 Å². The summed E-state index contributed by atoms with van der Waals surface area (Å²) in [6, 6.07) is 17.2. The third-order valence-corrected chi connectivity index (χ3v) is 13.8. The van der Waals surface area contributed by atoms with Crippen molar-refractivity contribution in [3.63, 3.8) is 0 Å². The number of anilines is 1. The Labute approximate surface area is 368 Å². The molecule has 0 bridgehead atoms. The molecule has 7 heteroatoms. The van der Waals surface area contributed by atoms with Gasteiger partial charge in [0.1, 0.15) is 11.3 Å². The van der Waals surface area contributed by atoms with Crippen molar-refractivity contribution in [3.05, 3.63) is 66.2 Å². The maximum Gasteiger partial charge on any atom is 0.261 e. The molecule has 0 aliphatic rings. The fourth-order valence-corrected chi connectivity index (χ4v) is 9.69. The van der Waals surface area contributed by atoms with Crippen molar-refractivity contribution in [1.29, 1.82) is 0 Å². The first-order valence-electron chi connectivity index (χ1n) is 25.0. The molecule has 0 atom stereocenters. The average Bonchev–Trinajstić information content (AvgIpc) is 3.25. The number of sulfonamides is 1. The minimum Gasteiger partial charge on any atom is -0.506 e. The van der Waals surface area contributed by atoms with E-state index in [1.54, 1.807) is 30.3 Å². The van der Waals surface area contributed by atoms with E-state index in [2.05, 4.69) is 18.6 Å². The van der Waals surface area contributed by atoms with E-state index in [0.29, 0.717) is 23.9 Å². The van der Waals surface area contributed by atoms with Crippen molar-refractivity contribution in [1.82, 2.24) is 4.90 Å². The molecule has 0 aliphatic heterocycles. The number of phenols is 1. The third kappa shape index (κ3) is 21.1. The lowest BCUT2D eigenvalue weighted by Gasteiger charge is -2.25. The van der Waals surface area contributed by atoms with Gasteiger partial charge in [-0.05, 0) is 36.4 Å². The number of unbranched alkanes of at least 4 members (excludes halogenated alkanes) is 30. The average molecular weight is 847 g/mol. The van der Waals surface area contributed by atoms with Gasteiger partial charge in [-0.1, -0.05) is 249 Å². The van der Waals surface area contributed by atoms with Crippen LogP contribution in [0, 0.1) is 0 Å². The second kappa shape index (κ2) is 32.6. The molecule has 3 aromatic carbocycles. The van der Waals surface area contributed by atoms with E-state index >= 15 is 0 Å². The van der Waals surface area contributed by atoms with Crippen LogP contribution in [0.25, 0.3) is 10.8 Å². The van der Waals surface area contributed by atoms with E-state index in [1.807, 2.05) is 23.1 Å². The van der Waals surface area contributed by atoms with Crippen LogP contribution in [-0.4, -0.2) is 37.4 Å². The lowest BCUT2D eigenvalue weighted by atomic mass is 10.0. The van der Waals surface area contributed by atoms with E-state index in [0.717, 1.165) is 38.5 Å². The van der Waals surface area contributed by atoms with Gasteiger partial charge in [0, 0.05) is 18.5 Å². The van der Waals surface area contributed by atoms with Crippen LogP contribution in [0.2, 0.25) is 0 Å². The van der Waals surface area contributed by atoms with Crippen LogP contribution in [0.5, 0.6) is 5.75 Å². The molecule has 3 rings (SSSR count). The second-order valence-electron chi connectivity index (χ2n) is 17.7. The summed E-state index contributed by atoms with van der Waals surface area (Å²) in [5.41, 5.74) is 0.144. The molecule has 2 N–H and O–H groups in total. The van der Waals surface area contributed by atoms with E-state index in [9.17, 15) is 18.3 Å². The standard InChI is InChI=1S/C53H86N2O4S/c1-3-5-7-9-11-13-15-17-19-21-23-25-27-29-31-38-44-55(45-39-32-30-28-26-24-22-20-18-16-14-12-10-8-6-4-2)53(57)51-50(46-47-40-36-37-43-49(47)52(51)56)54-60(58,59)48-41-34-33-35-42-48/h33-37,40-43,46,54,56H,3-32,38-39,44-45H2,1-2H3. The summed E-state index contributed by atoms with van der Waals surface area (Å²) in [5, 5.41) is 12.9. The minimum absolute atomic E-state index is 0.0289. The molecule has 6 nitrogen and oxygen atoms in total. The molecule has 1 amide bonds. The van der Waals surface area contributed by atoms with E-state index in [4.69, 9.17) is 0 Å². The van der Waals surface area contributed by atoms with Crippen molar-refractivity contribution in [2.45, 2.75) is 224 Å². The number of carbonyl (C=O) groups excluding carboxylic acids is 1. The fourth-order valence-electron chi connectivity index (χ4n) is 8.60. The molecule has 60 heavy (non-hydrogen) atoms. The van der Waals surface area contributed by atoms with Gasteiger partial charge < -0.3 is 10.0 Å². The number of nitrogens with one attached hydrogen (secondary N) is 1. The number of hydrogen-bond acceptors (Lipinski definition) is 4. The van der Waals surface area contributed by atoms with Gasteiger partial charge in [-0.3, -0.25) is 9.52 Å². The van der Waals surface area contributed by atoms with Crippen LogP contribution in [0.4, 0.5) is 5.69 Å². The fraction of sp³-hybridized carbons (Fsp3) is 0.679. The molecular formula is C53H86N2O4S. The Hall–Kier alpha value is -3.06. The first-order chi connectivity index (χ1) is 29.4. The number of hydrogen-bond donors (Lipinski definition) is 2. The molecule has 0 unspecified atom stereocenters. The van der Waals surface area contributed by atoms with E-state index in [-0.39, 0.29) is 27.8 Å².